The van der Waals surface area contributed by atoms with Gasteiger partial charge in [0.05, 0.1) is 30.9 Å². The van der Waals surface area contributed by atoms with Crippen LogP contribution in [0.25, 0.3) is 0 Å². The van der Waals surface area contributed by atoms with Crippen molar-refractivity contribution in [2.24, 2.45) is 0 Å². The van der Waals surface area contributed by atoms with Gasteiger partial charge in [0.1, 0.15) is 17.7 Å². The zero-order chi connectivity index (χ0) is 21.8. The van der Waals surface area contributed by atoms with Gasteiger partial charge >= 0.3 is 12.1 Å². The van der Waals surface area contributed by atoms with E-state index in [1.807, 2.05) is 12.1 Å². The van der Waals surface area contributed by atoms with Crippen LogP contribution in [0.4, 0.5) is 4.79 Å². The van der Waals surface area contributed by atoms with Crippen LogP contribution < -0.4 is 0 Å². The highest BCUT2D eigenvalue weighted by atomic mass is 16.6. The quantitative estimate of drug-likeness (QED) is 0.678. The van der Waals surface area contributed by atoms with Crippen LogP contribution in [-0.4, -0.2) is 47.4 Å². The number of carbonyl (C=O) groups is 2. The number of rotatable bonds is 5. The van der Waals surface area contributed by atoms with Crippen LogP contribution >= 0.6 is 0 Å². The van der Waals surface area contributed by atoms with E-state index in [2.05, 4.69) is 6.07 Å². The molecule has 1 spiro atoms. The zero-order valence-electron chi connectivity index (χ0n) is 18.0. The summed E-state index contributed by atoms with van der Waals surface area (Å²) in [5.41, 5.74) is 0.532. The van der Waals surface area contributed by atoms with Gasteiger partial charge in [0.25, 0.3) is 0 Å². The smallest absolute Gasteiger partial charge is 0.411 e. The number of nitrogens with zero attached hydrogens (tertiary/aromatic N) is 2. The van der Waals surface area contributed by atoms with Crippen molar-refractivity contribution in [2.75, 3.05) is 13.1 Å². The van der Waals surface area contributed by atoms with Gasteiger partial charge in [-0.15, -0.1) is 0 Å². The van der Waals surface area contributed by atoms with Crippen molar-refractivity contribution in [1.29, 1.82) is 5.26 Å². The maximum atomic E-state index is 12.3. The van der Waals surface area contributed by atoms with Gasteiger partial charge in [-0.2, -0.15) is 5.26 Å². The molecule has 1 saturated carbocycles. The van der Waals surface area contributed by atoms with Crippen molar-refractivity contribution >= 4 is 12.1 Å². The van der Waals surface area contributed by atoms with Gasteiger partial charge in [0.2, 0.25) is 0 Å². The monoisotopic (exact) mass is 414 g/mol. The predicted molar refractivity (Wildman–Crippen MR) is 109 cm³/mol. The molecule has 2 aliphatic rings. The molecule has 7 nitrogen and oxygen atoms in total. The van der Waals surface area contributed by atoms with E-state index in [0.29, 0.717) is 25.1 Å². The third kappa shape index (κ3) is 5.96. The van der Waals surface area contributed by atoms with Gasteiger partial charge in [0, 0.05) is 0 Å². The Bertz CT molecular complexity index is 808. The Hall–Kier alpha value is -2.59. The number of benzene rings is 1. The van der Waals surface area contributed by atoms with Crippen LogP contribution in [0.5, 0.6) is 0 Å². The van der Waals surface area contributed by atoms with Gasteiger partial charge in [-0.3, -0.25) is 9.69 Å². The van der Waals surface area contributed by atoms with Crippen molar-refractivity contribution in [3.63, 3.8) is 0 Å². The van der Waals surface area contributed by atoms with E-state index in [1.54, 1.807) is 32.9 Å². The summed E-state index contributed by atoms with van der Waals surface area (Å²) in [6, 6.07) is 9.50. The summed E-state index contributed by atoms with van der Waals surface area (Å²) in [6.45, 7) is 6.23. The van der Waals surface area contributed by atoms with Gasteiger partial charge in [0.15, 0.2) is 0 Å². The molecule has 1 heterocycles. The molecule has 1 amide bonds. The van der Waals surface area contributed by atoms with Crippen LogP contribution in [0.3, 0.4) is 0 Å². The lowest BCUT2D eigenvalue weighted by Gasteiger charge is -2.25. The molecule has 1 saturated heterocycles. The standard InChI is InChI=1S/C23H30N2O5/c1-22(2,3)29-20(26)14-25-16-23(30-21(25)27)11-4-5-19(10-12-23)28-15-18-8-6-17(13-24)7-9-18/h6-9,19H,4-5,10-12,14-16H2,1-3H3. The van der Waals surface area contributed by atoms with Crippen LogP contribution in [0, 0.1) is 11.3 Å². The number of ether oxygens (including phenoxy) is 3. The molecule has 0 aromatic heterocycles. The van der Waals surface area contributed by atoms with Crippen molar-refractivity contribution in [3.8, 4) is 6.07 Å². The fourth-order valence-electron chi connectivity index (χ4n) is 4.01. The largest absolute Gasteiger partial charge is 0.459 e. The molecule has 1 aromatic carbocycles. The molecule has 0 N–H and O–H groups in total. The zero-order valence-corrected chi connectivity index (χ0v) is 18.0. The first-order valence-electron chi connectivity index (χ1n) is 10.5. The normalized spacial score (nSPS) is 24.3. The lowest BCUT2D eigenvalue weighted by Crippen LogP contribution is -2.38. The summed E-state index contributed by atoms with van der Waals surface area (Å²) in [7, 11) is 0. The summed E-state index contributed by atoms with van der Waals surface area (Å²) in [6.07, 6.45) is 3.72. The van der Waals surface area contributed by atoms with Gasteiger partial charge in [-0.25, -0.2) is 4.79 Å². The minimum Gasteiger partial charge on any atom is -0.459 e. The van der Waals surface area contributed by atoms with Crippen molar-refractivity contribution < 1.29 is 23.8 Å². The van der Waals surface area contributed by atoms with E-state index >= 15 is 0 Å². The number of amides is 1. The third-order valence-corrected chi connectivity index (χ3v) is 5.43. The van der Waals surface area contributed by atoms with Crippen molar-refractivity contribution in [3.05, 3.63) is 35.4 Å². The second-order valence-electron chi connectivity index (χ2n) is 9.17. The number of esters is 1. The first-order chi connectivity index (χ1) is 14.2. The molecular formula is C23H30N2O5. The maximum absolute atomic E-state index is 12.3. The van der Waals surface area contributed by atoms with Crippen molar-refractivity contribution in [2.45, 2.75) is 76.8 Å². The summed E-state index contributed by atoms with van der Waals surface area (Å²) >= 11 is 0. The Balaban J connectivity index is 1.50. The lowest BCUT2D eigenvalue weighted by molar-refractivity contribution is -0.155. The summed E-state index contributed by atoms with van der Waals surface area (Å²) in [5.74, 6) is -0.422. The molecule has 2 fully saturated rings. The summed E-state index contributed by atoms with van der Waals surface area (Å²) in [5, 5.41) is 8.88. The fraction of sp³-hybridized carbons (Fsp3) is 0.609. The average molecular weight is 415 g/mol. The SMILES string of the molecule is CC(C)(C)OC(=O)CN1CC2(CCCC(OCc3ccc(C#N)cc3)CC2)OC1=O. The maximum Gasteiger partial charge on any atom is 0.411 e. The summed E-state index contributed by atoms with van der Waals surface area (Å²) < 4.78 is 17.2. The van der Waals surface area contributed by atoms with E-state index in [0.717, 1.165) is 31.2 Å². The third-order valence-electron chi connectivity index (χ3n) is 5.43. The summed E-state index contributed by atoms with van der Waals surface area (Å²) in [4.78, 5) is 25.9. The van der Waals surface area contributed by atoms with Gasteiger partial charge in [-0.05, 0) is 70.6 Å². The Morgan fingerprint density at radius 2 is 2.00 bits per heavy atom. The molecule has 2 atom stereocenters. The molecule has 1 aromatic rings. The first-order valence-corrected chi connectivity index (χ1v) is 10.5. The van der Waals surface area contributed by atoms with Crippen LogP contribution in [-0.2, 0) is 25.6 Å². The molecule has 162 valence electrons. The van der Waals surface area contributed by atoms with E-state index in [-0.39, 0.29) is 12.6 Å². The molecule has 0 radical (unpaired) electrons. The Morgan fingerprint density at radius 3 is 2.67 bits per heavy atom. The number of nitriles is 1. The second kappa shape index (κ2) is 9.05. The molecule has 1 aliphatic heterocycles. The Kier molecular flexibility index (Phi) is 6.67. The van der Waals surface area contributed by atoms with Gasteiger partial charge in [-0.1, -0.05) is 12.1 Å². The van der Waals surface area contributed by atoms with Crippen LogP contribution in [0.15, 0.2) is 24.3 Å². The van der Waals surface area contributed by atoms with Crippen LogP contribution in [0.2, 0.25) is 0 Å². The predicted octanol–water partition coefficient (Wildman–Crippen LogP) is 3.94. The van der Waals surface area contributed by atoms with E-state index in [1.165, 1.54) is 4.90 Å². The van der Waals surface area contributed by atoms with Crippen LogP contribution in [0.1, 0.15) is 64.0 Å². The van der Waals surface area contributed by atoms with E-state index in [4.69, 9.17) is 19.5 Å². The highest BCUT2D eigenvalue weighted by molar-refractivity contribution is 5.79. The minimum atomic E-state index is -0.583. The highest BCUT2D eigenvalue weighted by Gasteiger charge is 2.46. The molecule has 7 heteroatoms. The van der Waals surface area contributed by atoms with E-state index in [9.17, 15) is 9.59 Å². The van der Waals surface area contributed by atoms with Gasteiger partial charge < -0.3 is 14.2 Å². The second-order valence-corrected chi connectivity index (χ2v) is 9.17. The number of carbonyl (C=O) groups excluding carboxylic acids is 2. The Labute approximate surface area is 177 Å². The molecule has 0 bridgehead atoms. The molecular weight excluding hydrogens is 384 g/mol. The Morgan fingerprint density at radius 1 is 1.27 bits per heavy atom. The average Bonchev–Trinajstić information content (AvgIpc) is 2.84. The first kappa shape index (κ1) is 22.1. The topological polar surface area (TPSA) is 88.9 Å². The molecule has 3 rings (SSSR count). The van der Waals surface area contributed by atoms with Crippen molar-refractivity contribution in [1.82, 2.24) is 4.90 Å². The molecule has 30 heavy (non-hydrogen) atoms. The fourth-order valence-corrected chi connectivity index (χ4v) is 4.01. The number of hydrogen-bond donors (Lipinski definition) is 0. The minimum absolute atomic E-state index is 0.0868. The van der Waals surface area contributed by atoms with E-state index < -0.39 is 23.3 Å². The lowest BCUT2D eigenvalue weighted by atomic mass is 9.94. The molecule has 2 unspecified atom stereocenters. The number of hydrogen-bond acceptors (Lipinski definition) is 6. The highest BCUT2D eigenvalue weighted by Crippen LogP contribution is 2.37. The molecule has 1 aliphatic carbocycles.